The Labute approximate surface area is 127 Å². The van der Waals surface area contributed by atoms with Crippen LogP contribution < -0.4 is 5.32 Å². The van der Waals surface area contributed by atoms with E-state index in [-0.39, 0.29) is 12.6 Å². The number of aromatic nitrogens is 1. The summed E-state index contributed by atoms with van der Waals surface area (Å²) in [5, 5.41) is 2.40. The van der Waals surface area contributed by atoms with Gasteiger partial charge in [-0.3, -0.25) is 4.98 Å². The molecule has 22 heavy (non-hydrogen) atoms. The third-order valence-corrected chi connectivity index (χ3v) is 4.24. The lowest BCUT2D eigenvalue weighted by Gasteiger charge is -2.30. The molecule has 1 N–H and O–H groups in total. The van der Waals surface area contributed by atoms with Crippen molar-refractivity contribution in [2.45, 2.75) is 30.8 Å². The topological polar surface area (TPSA) is 54.5 Å². The maximum Gasteiger partial charge on any atom is 0.318 e. The number of rotatable bonds is 4. The molecule has 0 bridgehead atoms. The minimum absolute atomic E-state index is 0.112. The molecule has 5 nitrogen and oxygen atoms in total. The van der Waals surface area contributed by atoms with E-state index in [4.69, 9.17) is 4.74 Å². The Kier molecular flexibility index (Phi) is 3.99. The van der Waals surface area contributed by atoms with Gasteiger partial charge in [-0.2, -0.15) is 0 Å². The van der Waals surface area contributed by atoms with Crippen molar-refractivity contribution in [2.75, 3.05) is 20.3 Å². The van der Waals surface area contributed by atoms with Crippen LogP contribution in [0, 0.1) is 5.92 Å². The van der Waals surface area contributed by atoms with E-state index in [9.17, 15) is 13.6 Å². The van der Waals surface area contributed by atoms with Gasteiger partial charge in [0.1, 0.15) is 12.6 Å². The molecule has 1 saturated carbocycles. The van der Waals surface area contributed by atoms with Gasteiger partial charge < -0.3 is 15.0 Å². The number of ether oxygens (including phenoxy) is 1. The Balaban J connectivity index is 1.71. The fraction of sp³-hybridized carbons (Fsp3) is 0.600. The predicted octanol–water partition coefficient (Wildman–Crippen LogP) is 2.21. The predicted molar refractivity (Wildman–Crippen MR) is 75.6 cm³/mol. The Morgan fingerprint density at radius 2 is 2.14 bits per heavy atom. The Hall–Kier alpha value is -1.76. The van der Waals surface area contributed by atoms with Crippen molar-refractivity contribution in [1.29, 1.82) is 0 Å². The molecule has 0 aromatic carbocycles. The molecule has 0 radical (unpaired) electrons. The van der Waals surface area contributed by atoms with Crippen molar-refractivity contribution >= 4 is 6.03 Å². The zero-order valence-corrected chi connectivity index (χ0v) is 12.3. The summed E-state index contributed by atoms with van der Waals surface area (Å²) in [6.07, 6.45) is 5.42. The van der Waals surface area contributed by atoms with E-state index in [0.717, 1.165) is 18.4 Å². The number of hydrogen-bond acceptors (Lipinski definition) is 3. The SMILES string of the molecule is CN(C(=O)N[C@@H]1COCC1(F)F)[C@H](c1ccncc1)C1CC1. The molecule has 0 unspecified atom stereocenters. The largest absolute Gasteiger partial charge is 0.373 e. The fourth-order valence-corrected chi connectivity index (χ4v) is 2.84. The molecule has 2 aliphatic rings. The minimum Gasteiger partial charge on any atom is -0.373 e. The van der Waals surface area contributed by atoms with E-state index in [1.54, 1.807) is 19.4 Å². The second-order valence-corrected chi connectivity index (χ2v) is 5.95. The third-order valence-electron chi connectivity index (χ3n) is 4.24. The molecular weight excluding hydrogens is 292 g/mol. The highest BCUT2D eigenvalue weighted by molar-refractivity contribution is 5.75. The van der Waals surface area contributed by atoms with Gasteiger partial charge in [0.05, 0.1) is 12.6 Å². The first kappa shape index (κ1) is 15.1. The number of carbonyl (C=O) groups is 1. The smallest absolute Gasteiger partial charge is 0.318 e. The monoisotopic (exact) mass is 311 g/mol. The Bertz CT molecular complexity index is 537. The highest BCUT2D eigenvalue weighted by atomic mass is 19.3. The van der Waals surface area contributed by atoms with Crippen LogP contribution in [-0.2, 0) is 4.74 Å². The number of halogens is 2. The zero-order valence-electron chi connectivity index (χ0n) is 12.3. The molecule has 0 spiro atoms. The molecule has 1 aliphatic heterocycles. The fourth-order valence-electron chi connectivity index (χ4n) is 2.84. The zero-order chi connectivity index (χ0) is 15.7. The van der Waals surface area contributed by atoms with E-state index >= 15 is 0 Å². The third kappa shape index (κ3) is 3.04. The summed E-state index contributed by atoms with van der Waals surface area (Å²) in [6, 6.07) is 1.85. The van der Waals surface area contributed by atoms with Gasteiger partial charge in [0.15, 0.2) is 0 Å². The van der Waals surface area contributed by atoms with E-state index < -0.39 is 24.6 Å². The van der Waals surface area contributed by atoms with Gasteiger partial charge in [-0.1, -0.05) is 0 Å². The number of amides is 2. The molecule has 7 heteroatoms. The second-order valence-electron chi connectivity index (χ2n) is 5.95. The molecule has 1 aliphatic carbocycles. The van der Waals surface area contributed by atoms with Crippen LogP contribution in [0.5, 0.6) is 0 Å². The van der Waals surface area contributed by atoms with E-state index in [0.29, 0.717) is 5.92 Å². The van der Waals surface area contributed by atoms with Crippen LogP contribution in [0.2, 0.25) is 0 Å². The molecule has 1 aromatic heterocycles. The molecule has 2 amide bonds. The van der Waals surface area contributed by atoms with E-state index in [1.165, 1.54) is 4.90 Å². The summed E-state index contributed by atoms with van der Waals surface area (Å²) in [5.41, 5.74) is 0.976. The van der Waals surface area contributed by atoms with Crippen LogP contribution in [0.25, 0.3) is 0 Å². The van der Waals surface area contributed by atoms with Crippen molar-refractivity contribution in [2.24, 2.45) is 5.92 Å². The van der Waals surface area contributed by atoms with E-state index in [1.807, 2.05) is 12.1 Å². The second kappa shape index (κ2) is 5.79. The van der Waals surface area contributed by atoms with Crippen molar-refractivity contribution in [3.05, 3.63) is 30.1 Å². The molecular formula is C15H19F2N3O2. The van der Waals surface area contributed by atoms with Crippen LogP contribution in [0.3, 0.4) is 0 Å². The van der Waals surface area contributed by atoms with Crippen LogP contribution >= 0.6 is 0 Å². The van der Waals surface area contributed by atoms with Gasteiger partial charge in [0.25, 0.3) is 5.92 Å². The van der Waals surface area contributed by atoms with Gasteiger partial charge in [0.2, 0.25) is 0 Å². The maximum atomic E-state index is 13.6. The average Bonchev–Trinajstić information content (AvgIpc) is 3.26. The lowest BCUT2D eigenvalue weighted by atomic mass is 10.0. The first-order valence-electron chi connectivity index (χ1n) is 7.38. The molecule has 3 rings (SSSR count). The van der Waals surface area contributed by atoms with Gasteiger partial charge >= 0.3 is 6.03 Å². The lowest BCUT2D eigenvalue weighted by Crippen LogP contribution is -2.51. The summed E-state index contributed by atoms with van der Waals surface area (Å²) in [4.78, 5) is 17.8. The summed E-state index contributed by atoms with van der Waals surface area (Å²) in [5.74, 6) is -2.64. The molecule has 120 valence electrons. The van der Waals surface area contributed by atoms with Gasteiger partial charge in [-0.05, 0) is 36.5 Å². The molecule has 1 saturated heterocycles. The summed E-state index contributed by atoms with van der Waals surface area (Å²) in [7, 11) is 1.65. The van der Waals surface area contributed by atoms with Crippen molar-refractivity contribution in [3.63, 3.8) is 0 Å². The van der Waals surface area contributed by atoms with Gasteiger partial charge in [-0.15, -0.1) is 0 Å². The van der Waals surface area contributed by atoms with Gasteiger partial charge in [-0.25, -0.2) is 13.6 Å². The minimum atomic E-state index is -3.01. The Morgan fingerprint density at radius 3 is 2.68 bits per heavy atom. The molecule has 2 atom stereocenters. The number of nitrogens with zero attached hydrogens (tertiary/aromatic N) is 2. The summed E-state index contributed by atoms with van der Waals surface area (Å²) in [6.45, 7) is -0.798. The normalized spacial score (nSPS) is 24.8. The molecule has 2 heterocycles. The lowest BCUT2D eigenvalue weighted by molar-refractivity contribution is -0.0224. The summed E-state index contributed by atoms with van der Waals surface area (Å²) < 4.78 is 31.9. The number of alkyl halides is 2. The number of nitrogens with one attached hydrogen (secondary N) is 1. The molecule has 1 aromatic rings. The van der Waals surface area contributed by atoms with Crippen LogP contribution in [0.15, 0.2) is 24.5 Å². The number of pyridine rings is 1. The van der Waals surface area contributed by atoms with Crippen LogP contribution in [0.4, 0.5) is 13.6 Å². The first-order chi connectivity index (χ1) is 10.5. The Morgan fingerprint density at radius 1 is 1.45 bits per heavy atom. The van der Waals surface area contributed by atoms with Crippen LogP contribution in [0.1, 0.15) is 24.4 Å². The highest BCUT2D eigenvalue weighted by Gasteiger charge is 2.47. The standard InChI is InChI=1S/C15H19F2N3O2/c1-20(14(21)19-12-8-22-9-15(12,16)17)13(10-2-3-10)11-4-6-18-7-5-11/h4-7,10,12-13H,2-3,8-9H2,1H3,(H,19,21)/t12-,13+/m1/s1. The average molecular weight is 311 g/mol. The summed E-state index contributed by atoms with van der Waals surface area (Å²) >= 11 is 0. The maximum absolute atomic E-state index is 13.6. The van der Waals surface area contributed by atoms with Crippen molar-refractivity contribution < 1.29 is 18.3 Å². The quantitative estimate of drug-likeness (QED) is 0.927. The number of urea groups is 1. The first-order valence-corrected chi connectivity index (χ1v) is 7.38. The number of hydrogen-bond donors (Lipinski definition) is 1. The van der Waals surface area contributed by atoms with Crippen molar-refractivity contribution in [3.8, 4) is 0 Å². The van der Waals surface area contributed by atoms with Crippen LogP contribution in [-0.4, -0.2) is 48.1 Å². The van der Waals surface area contributed by atoms with Gasteiger partial charge in [0, 0.05) is 19.4 Å². The highest BCUT2D eigenvalue weighted by Crippen LogP contribution is 2.44. The molecule has 2 fully saturated rings. The van der Waals surface area contributed by atoms with E-state index in [2.05, 4.69) is 10.3 Å². The number of carbonyl (C=O) groups excluding carboxylic acids is 1. The van der Waals surface area contributed by atoms with Crippen molar-refractivity contribution in [1.82, 2.24) is 15.2 Å².